The van der Waals surface area contributed by atoms with Crippen LogP contribution in [0.15, 0.2) is 54.9 Å². The number of ether oxygens (including phenoxy) is 1. The van der Waals surface area contributed by atoms with Crippen molar-refractivity contribution in [2.45, 2.75) is 12.8 Å². The molecule has 4 rings (SSSR count). The van der Waals surface area contributed by atoms with E-state index in [2.05, 4.69) is 32.4 Å². The van der Waals surface area contributed by atoms with Crippen molar-refractivity contribution in [2.75, 3.05) is 31.3 Å². The largest absolute Gasteiger partial charge is 0.494 e. The van der Waals surface area contributed by atoms with E-state index in [1.807, 2.05) is 0 Å². The summed E-state index contributed by atoms with van der Waals surface area (Å²) in [6.45, 7) is 4.25. The molecule has 0 unspecified atom stereocenters. The van der Waals surface area contributed by atoms with Gasteiger partial charge in [0.15, 0.2) is 17.9 Å². The highest BCUT2D eigenvalue weighted by Crippen LogP contribution is 2.39. The van der Waals surface area contributed by atoms with E-state index in [4.69, 9.17) is 22.7 Å². The molecular weight excluding hydrogens is 533 g/mol. The SMILES string of the molecule is C=C(c1ncc(-c2cccc(Nc3cc(NC(=O)C4CC4)nnc3C=O)c2OC)cc1F)N(C)C/C(N)=C/C=S. The third-order valence-electron chi connectivity index (χ3n) is 6.21. The van der Waals surface area contributed by atoms with Crippen LogP contribution in [0.3, 0.4) is 0 Å². The van der Waals surface area contributed by atoms with E-state index in [9.17, 15) is 9.59 Å². The van der Waals surface area contributed by atoms with Gasteiger partial charge >= 0.3 is 0 Å². The smallest absolute Gasteiger partial charge is 0.228 e. The third kappa shape index (κ3) is 6.46. The van der Waals surface area contributed by atoms with Gasteiger partial charge in [0, 0.05) is 47.4 Å². The first-order chi connectivity index (χ1) is 19.2. The number of carbonyl (C=O) groups is 2. The maximum atomic E-state index is 15.3. The number of para-hydroxylation sites is 1. The van der Waals surface area contributed by atoms with Crippen LogP contribution in [0, 0.1) is 11.7 Å². The molecule has 0 spiro atoms. The minimum atomic E-state index is -0.579. The number of rotatable bonds is 12. The lowest BCUT2D eigenvalue weighted by Gasteiger charge is -2.22. The van der Waals surface area contributed by atoms with Crippen molar-refractivity contribution >= 4 is 52.7 Å². The number of allylic oxidation sites excluding steroid dienone is 1. The normalized spacial score (nSPS) is 12.8. The van der Waals surface area contributed by atoms with Gasteiger partial charge in [-0.15, -0.1) is 10.2 Å². The van der Waals surface area contributed by atoms with Crippen LogP contribution in [0.2, 0.25) is 0 Å². The van der Waals surface area contributed by atoms with Crippen molar-refractivity contribution in [3.63, 3.8) is 0 Å². The summed E-state index contributed by atoms with van der Waals surface area (Å²) in [5.74, 6) is -0.149. The minimum Gasteiger partial charge on any atom is -0.494 e. The van der Waals surface area contributed by atoms with Gasteiger partial charge in [-0.2, -0.15) is 0 Å². The number of methoxy groups -OCH3 is 1. The van der Waals surface area contributed by atoms with Crippen molar-refractivity contribution < 1.29 is 18.7 Å². The molecule has 1 fully saturated rings. The number of aromatic nitrogens is 3. The molecule has 206 valence electrons. The number of hydrogen-bond donors (Lipinski definition) is 3. The molecule has 1 amide bonds. The van der Waals surface area contributed by atoms with Crippen LogP contribution >= 0.6 is 12.2 Å². The monoisotopic (exact) mass is 561 g/mol. The van der Waals surface area contributed by atoms with Crippen LogP contribution in [-0.2, 0) is 4.79 Å². The molecule has 1 aliphatic rings. The van der Waals surface area contributed by atoms with Crippen LogP contribution in [0.1, 0.15) is 29.0 Å². The first kappa shape index (κ1) is 28.3. The van der Waals surface area contributed by atoms with Gasteiger partial charge < -0.3 is 26.0 Å². The van der Waals surface area contributed by atoms with Crippen LogP contribution in [0.25, 0.3) is 16.8 Å². The lowest BCUT2D eigenvalue weighted by atomic mass is 10.0. The zero-order chi connectivity index (χ0) is 28.8. The number of halogens is 1. The highest BCUT2D eigenvalue weighted by molar-refractivity contribution is 7.79. The second-order valence-corrected chi connectivity index (χ2v) is 9.43. The maximum Gasteiger partial charge on any atom is 0.228 e. The first-order valence-electron chi connectivity index (χ1n) is 12.3. The van der Waals surface area contributed by atoms with Crippen molar-refractivity contribution in [1.82, 2.24) is 20.1 Å². The molecule has 1 aromatic carbocycles. The van der Waals surface area contributed by atoms with Gasteiger partial charge in [0.05, 0.1) is 30.7 Å². The van der Waals surface area contributed by atoms with Gasteiger partial charge in [-0.1, -0.05) is 30.9 Å². The molecular formula is C28H28FN7O3S. The number of nitrogens with zero attached hydrogens (tertiary/aromatic N) is 4. The number of thiocarbonyl (C=S) groups is 1. The summed E-state index contributed by atoms with van der Waals surface area (Å²) >= 11 is 4.79. The Morgan fingerprint density at radius 2 is 2.08 bits per heavy atom. The number of amides is 1. The molecule has 1 saturated carbocycles. The quantitative estimate of drug-likeness (QED) is 0.166. The molecule has 1 aliphatic carbocycles. The summed E-state index contributed by atoms with van der Waals surface area (Å²) < 4.78 is 20.9. The lowest BCUT2D eigenvalue weighted by molar-refractivity contribution is -0.117. The number of pyridine rings is 1. The predicted molar refractivity (Wildman–Crippen MR) is 156 cm³/mol. The van der Waals surface area contributed by atoms with Gasteiger partial charge in [-0.25, -0.2) is 4.39 Å². The fourth-order valence-corrected chi connectivity index (χ4v) is 4.11. The zero-order valence-corrected chi connectivity index (χ0v) is 22.8. The van der Waals surface area contributed by atoms with E-state index < -0.39 is 5.82 Å². The van der Waals surface area contributed by atoms with Gasteiger partial charge in [-0.3, -0.25) is 14.6 Å². The second-order valence-electron chi connectivity index (χ2n) is 9.16. The number of nitrogens with two attached hydrogens (primary N) is 1. The number of aldehydes is 1. The van der Waals surface area contributed by atoms with E-state index in [1.165, 1.54) is 30.8 Å². The Labute approximate surface area is 236 Å². The zero-order valence-electron chi connectivity index (χ0n) is 22.0. The predicted octanol–water partition coefficient (Wildman–Crippen LogP) is 4.34. The minimum absolute atomic E-state index is 0.0238. The molecule has 12 heteroatoms. The first-order valence-corrected chi connectivity index (χ1v) is 12.8. The Bertz CT molecular complexity index is 1510. The summed E-state index contributed by atoms with van der Waals surface area (Å²) in [5.41, 5.74) is 8.67. The van der Waals surface area contributed by atoms with Gasteiger partial charge in [-0.05, 0) is 31.1 Å². The molecule has 0 atom stereocenters. The molecule has 3 aromatic rings. The summed E-state index contributed by atoms with van der Waals surface area (Å²) in [6.07, 6.45) is 5.33. The fourth-order valence-electron chi connectivity index (χ4n) is 3.94. The van der Waals surface area contributed by atoms with Crippen molar-refractivity contribution in [2.24, 2.45) is 11.7 Å². The van der Waals surface area contributed by atoms with E-state index in [-0.39, 0.29) is 29.0 Å². The highest BCUT2D eigenvalue weighted by Gasteiger charge is 2.30. The maximum absolute atomic E-state index is 15.3. The van der Waals surface area contributed by atoms with Crippen molar-refractivity contribution in [3.8, 4) is 16.9 Å². The lowest BCUT2D eigenvalue weighted by Crippen LogP contribution is -2.23. The van der Waals surface area contributed by atoms with E-state index in [1.54, 1.807) is 36.2 Å². The Kier molecular flexibility index (Phi) is 8.80. The molecule has 0 radical (unpaired) electrons. The van der Waals surface area contributed by atoms with Gasteiger partial charge in [0.25, 0.3) is 0 Å². The number of nitrogens with one attached hydrogen (secondary N) is 2. The van der Waals surface area contributed by atoms with Gasteiger partial charge in [0.2, 0.25) is 5.91 Å². The number of likely N-dealkylation sites (N-methyl/N-ethyl adjacent to an activating group) is 1. The Morgan fingerprint density at radius 1 is 1.30 bits per heavy atom. The van der Waals surface area contributed by atoms with Crippen LogP contribution < -0.4 is 21.1 Å². The van der Waals surface area contributed by atoms with E-state index >= 15 is 4.39 Å². The molecule has 4 N–H and O–H groups in total. The van der Waals surface area contributed by atoms with Crippen LogP contribution in [0.4, 0.5) is 21.6 Å². The highest BCUT2D eigenvalue weighted by atomic mass is 32.1. The Hall–Kier alpha value is -4.71. The number of benzene rings is 1. The summed E-state index contributed by atoms with van der Waals surface area (Å²) in [4.78, 5) is 29.8. The van der Waals surface area contributed by atoms with E-state index in [0.717, 1.165) is 12.8 Å². The average Bonchev–Trinajstić information content (AvgIpc) is 3.79. The number of anilines is 3. The van der Waals surface area contributed by atoms with E-state index in [0.29, 0.717) is 52.5 Å². The number of carbonyl (C=O) groups excluding carboxylic acids is 2. The molecule has 2 aromatic heterocycles. The number of hydrogen-bond acceptors (Lipinski definition) is 10. The molecule has 2 heterocycles. The van der Waals surface area contributed by atoms with Crippen LogP contribution in [0.5, 0.6) is 5.75 Å². The van der Waals surface area contributed by atoms with Gasteiger partial charge in [0.1, 0.15) is 17.1 Å². The molecule has 0 aliphatic heterocycles. The molecule has 40 heavy (non-hydrogen) atoms. The molecule has 10 nitrogen and oxygen atoms in total. The summed E-state index contributed by atoms with van der Waals surface area (Å²) in [5, 5.41) is 15.1. The Morgan fingerprint density at radius 3 is 2.73 bits per heavy atom. The summed E-state index contributed by atoms with van der Waals surface area (Å²) in [7, 11) is 3.20. The molecule has 0 saturated heterocycles. The fraction of sp³-hybridized carbons (Fsp3) is 0.214. The van der Waals surface area contributed by atoms with Crippen molar-refractivity contribution in [1.29, 1.82) is 0 Å². The summed E-state index contributed by atoms with van der Waals surface area (Å²) in [6, 6.07) is 8.10. The average molecular weight is 562 g/mol. The molecule has 0 bridgehead atoms. The van der Waals surface area contributed by atoms with Crippen LogP contribution in [-0.4, -0.2) is 58.3 Å². The third-order valence-corrected chi connectivity index (χ3v) is 6.35. The topological polar surface area (TPSA) is 135 Å². The second kappa shape index (κ2) is 12.4. The standard InChI is InChI=1S/C28H28FN7O3S/c1-16(36(2)14-19(30)9-10-40)26-21(29)11-18(13-31-26)20-5-4-6-22(27(20)39-3)32-23-12-25(35-34-24(23)15-37)33-28(38)17-7-8-17/h4-6,9-13,15,17H,1,7-8,14,30H2,2-3H3,(H2,32,33,35,38)/b19-9-. The van der Waals surface area contributed by atoms with Crippen molar-refractivity contribution in [3.05, 3.63) is 72.1 Å². The Balaban J connectivity index is 1.62.